The molecule has 2 heteroatoms. The molecule has 1 heterocycles. The van der Waals surface area contributed by atoms with Crippen LogP contribution in [0.3, 0.4) is 0 Å². The molecule has 0 radical (unpaired) electrons. The number of rotatable bonds is 0. The number of anilines is 1. The minimum atomic E-state index is 0.0425. The molecular formula is C11H12ClN. The van der Waals surface area contributed by atoms with E-state index in [0.29, 0.717) is 0 Å². The molecule has 0 saturated carbocycles. The minimum Gasteiger partial charge on any atom is -0.376 e. The van der Waals surface area contributed by atoms with E-state index in [1.807, 2.05) is 18.2 Å². The summed E-state index contributed by atoms with van der Waals surface area (Å²) in [6.07, 6.45) is 4.25. The Morgan fingerprint density at radius 1 is 1.31 bits per heavy atom. The lowest BCUT2D eigenvalue weighted by molar-refractivity contribution is 0.711. The molecule has 13 heavy (non-hydrogen) atoms. The molecule has 1 aromatic carbocycles. The van der Waals surface area contributed by atoms with Crippen molar-refractivity contribution in [2.75, 3.05) is 5.32 Å². The molecular weight excluding hydrogens is 182 g/mol. The van der Waals surface area contributed by atoms with Gasteiger partial charge in [-0.3, -0.25) is 0 Å². The topological polar surface area (TPSA) is 12.0 Å². The first-order valence-electron chi connectivity index (χ1n) is 4.34. The summed E-state index contributed by atoms with van der Waals surface area (Å²) < 4.78 is 0. The number of hydrogen-bond acceptors (Lipinski definition) is 1. The van der Waals surface area contributed by atoms with Crippen molar-refractivity contribution in [1.29, 1.82) is 0 Å². The van der Waals surface area contributed by atoms with E-state index in [1.165, 1.54) is 0 Å². The minimum absolute atomic E-state index is 0.0425. The molecule has 68 valence electrons. The summed E-state index contributed by atoms with van der Waals surface area (Å²) in [5.74, 6) is 0. The first kappa shape index (κ1) is 8.64. The number of benzene rings is 1. The van der Waals surface area contributed by atoms with E-state index in [0.717, 1.165) is 16.3 Å². The highest BCUT2D eigenvalue weighted by Crippen LogP contribution is 2.29. The fraction of sp³-hybridized carbons (Fsp3) is 0.273. The quantitative estimate of drug-likeness (QED) is 0.665. The van der Waals surface area contributed by atoms with Gasteiger partial charge in [-0.05, 0) is 37.6 Å². The maximum atomic E-state index is 5.89. The predicted molar refractivity (Wildman–Crippen MR) is 58.2 cm³/mol. The Morgan fingerprint density at radius 3 is 2.85 bits per heavy atom. The fourth-order valence-electron chi connectivity index (χ4n) is 1.47. The van der Waals surface area contributed by atoms with E-state index in [2.05, 4.69) is 31.3 Å². The Hall–Kier alpha value is -0.950. The molecule has 1 aliphatic rings. The molecule has 0 spiro atoms. The highest BCUT2D eigenvalue weighted by atomic mass is 35.5. The van der Waals surface area contributed by atoms with E-state index in [-0.39, 0.29) is 5.54 Å². The zero-order valence-corrected chi connectivity index (χ0v) is 8.52. The van der Waals surface area contributed by atoms with Gasteiger partial charge in [0.1, 0.15) is 0 Å². The van der Waals surface area contributed by atoms with Crippen LogP contribution < -0.4 is 5.32 Å². The lowest BCUT2D eigenvalue weighted by Crippen LogP contribution is -2.30. The lowest BCUT2D eigenvalue weighted by Gasteiger charge is -2.28. The zero-order valence-electron chi connectivity index (χ0n) is 7.76. The van der Waals surface area contributed by atoms with Gasteiger partial charge < -0.3 is 5.32 Å². The molecule has 0 aromatic heterocycles. The van der Waals surface area contributed by atoms with Crippen LogP contribution in [0, 0.1) is 0 Å². The molecule has 2 rings (SSSR count). The van der Waals surface area contributed by atoms with E-state index in [4.69, 9.17) is 11.6 Å². The third-order valence-electron chi connectivity index (χ3n) is 2.15. The SMILES string of the molecule is CC1(C)C=Cc2cc(Cl)ccc2N1. The van der Waals surface area contributed by atoms with Gasteiger partial charge in [-0.1, -0.05) is 23.8 Å². The summed E-state index contributed by atoms with van der Waals surface area (Å²) in [5, 5.41) is 4.20. The molecule has 1 aromatic rings. The summed E-state index contributed by atoms with van der Waals surface area (Å²) >= 11 is 5.89. The third-order valence-corrected chi connectivity index (χ3v) is 2.39. The fourth-order valence-corrected chi connectivity index (χ4v) is 1.65. The molecule has 0 unspecified atom stereocenters. The molecule has 0 atom stereocenters. The average Bonchev–Trinajstić information content (AvgIpc) is 2.05. The van der Waals surface area contributed by atoms with Crippen LogP contribution in [0.5, 0.6) is 0 Å². The third kappa shape index (κ3) is 1.70. The van der Waals surface area contributed by atoms with E-state index in [9.17, 15) is 0 Å². The van der Waals surface area contributed by atoms with Gasteiger partial charge in [0.15, 0.2) is 0 Å². The number of nitrogens with one attached hydrogen (secondary N) is 1. The maximum absolute atomic E-state index is 5.89. The van der Waals surface area contributed by atoms with Crippen molar-refractivity contribution in [2.45, 2.75) is 19.4 Å². The molecule has 0 fully saturated rings. The lowest BCUT2D eigenvalue weighted by atomic mass is 9.97. The van der Waals surface area contributed by atoms with Crippen molar-refractivity contribution in [3.05, 3.63) is 34.9 Å². The Bertz CT molecular complexity index is 366. The van der Waals surface area contributed by atoms with Gasteiger partial charge in [0.25, 0.3) is 0 Å². The molecule has 0 saturated heterocycles. The van der Waals surface area contributed by atoms with Crippen molar-refractivity contribution in [3.63, 3.8) is 0 Å². The summed E-state index contributed by atoms with van der Waals surface area (Å²) in [4.78, 5) is 0. The van der Waals surface area contributed by atoms with Gasteiger partial charge in [0, 0.05) is 10.7 Å². The van der Waals surface area contributed by atoms with Gasteiger partial charge in [0.05, 0.1) is 5.54 Å². The smallest absolute Gasteiger partial charge is 0.0503 e. The zero-order chi connectivity index (χ0) is 9.47. The second-order valence-electron chi connectivity index (χ2n) is 3.91. The summed E-state index contributed by atoms with van der Waals surface area (Å²) in [6, 6.07) is 5.89. The van der Waals surface area contributed by atoms with Crippen LogP contribution in [-0.4, -0.2) is 5.54 Å². The Kier molecular flexibility index (Phi) is 1.85. The van der Waals surface area contributed by atoms with Crippen molar-refractivity contribution < 1.29 is 0 Å². The van der Waals surface area contributed by atoms with Crippen LogP contribution in [-0.2, 0) is 0 Å². The highest BCUT2D eigenvalue weighted by Gasteiger charge is 2.18. The molecule has 1 nitrogen and oxygen atoms in total. The number of fused-ring (bicyclic) bond motifs is 1. The van der Waals surface area contributed by atoms with Crippen molar-refractivity contribution in [3.8, 4) is 0 Å². The first-order chi connectivity index (χ1) is 6.07. The summed E-state index contributed by atoms with van der Waals surface area (Å²) in [7, 11) is 0. The summed E-state index contributed by atoms with van der Waals surface area (Å²) in [6.45, 7) is 4.28. The van der Waals surface area contributed by atoms with Crippen molar-refractivity contribution in [2.24, 2.45) is 0 Å². The normalized spacial score (nSPS) is 17.8. The number of hydrogen-bond donors (Lipinski definition) is 1. The van der Waals surface area contributed by atoms with Crippen LogP contribution in [0.25, 0.3) is 6.08 Å². The van der Waals surface area contributed by atoms with Gasteiger partial charge >= 0.3 is 0 Å². The van der Waals surface area contributed by atoms with Crippen LogP contribution in [0.2, 0.25) is 5.02 Å². The summed E-state index contributed by atoms with van der Waals surface area (Å²) in [5.41, 5.74) is 2.35. The average molecular weight is 194 g/mol. The molecule has 0 aliphatic carbocycles. The van der Waals surface area contributed by atoms with Crippen LogP contribution in [0.15, 0.2) is 24.3 Å². The second-order valence-corrected chi connectivity index (χ2v) is 4.35. The van der Waals surface area contributed by atoms with Crippen molar-refractivity contribution in [1.82, 2.24) is 0 Å². The Labute approximate surface area is 83.4 Å². The Morgan fingerprint density at radius 2 is 2.08 bits per heavy atom. The largest absolute Gasteiger partial charge is 0.376 e. The molecule has 0 amide bonds. The highest BCUT2D eigenvalue weighted by molar-refractivity contribution is 6.30. The first-order valence-corrected chi connectivity index (χ1v) is 4.72. The van der Waals surface area contributed by atoms with Gasteiger partial charge in [-0.25, -0.2) is 0 Å². The predicted octanol–water partition coefficient (Wildman–Crippen LogP) is 3.56. The second kappa shape index (κ2) is 2.78. The van der Waals surface area contributed by atoms with Crippen LogP contribution >= 0.6 is 11.6 Å². The van der Waals surface area contributed by atoms with Gasteiger partial charge in [0.2, 0.25) is 0 Å². The monoisotopic (exact) mass is 193 g/mol. The van der Waals surface area contributed by atoms with Crippen molar-refractivity contribution >= 4 is 23.4 Å². The van der Waals surface area contributed by atoms with E-state index in [1.54, 1.807) is 0 Å². The molecule has 1 aliphatic heterocycles. The van der Waals surface area contributed by atoms with Crippen LogP contribution in [0.1, 0.15) is 19.4 Å². The molecule has 1 N–H and O–H groups in total. The van der Waals surface area contributed by atoms with Gasteiger partial charge in [-0.2, -0.15) is 0 Å². The number of halogens is 1. The van der Waals surface area contributed by atoms with Crippen LogP contribution in [0.4, 0.5) is 5.69 Å². The standard InChI is InChI=1S/C11H12ClN/c1-11(2)6-5-8-7-9(12)3-4-10(8)13-11/h3-7,13H,1-2H3. The van der Waals surface area contributed by atoms with Gasteiger partial charge in [-0.15, -0.1) is 0 Å². The maximum Gasteiger partial charge on any atom is 0.0503 e. The molecule has 0 bridgehead atoms. The Balaban J connectivity index is 2.47. The van der Waals surface area contributed by atoms with E-state index < -0.39 is 0 Å². The van der Waals surface area contributed by atoms with E-state index >= 15 is 0 Å².